The predicted molar refractivity (Wildman–Crippen MR) is 136 cm³/mol. The summed E-state index contributed by atoms with van der Waals surface area (Å²) < 4.78 is 20.9. The van der Waals surface area contributed by atoms with Crippen LogP contribution in [-0.2, 0) is 24.8 Å². The minimum absolute atomic E-state index is 0.00111. The van der Waals surface area contributed by atoms with Crippen LogP contribution in [0.1, 0.15) is 44.6 Å². The fourth-order valence-corrected chi connectivity index (χ4v) is 4.87. The molecule has 0 spiro atoms. The van der Waals surface area contributed by atoms with E-state index < -0.39 is 11.9 Å². The first-order chi connectivity index (χ1) is 17.5. The van der Waals surface area contributed by atoms with E-state index in [0.717, 1.165) is 39.7 Å². The Morgan fingerprint density at radius 3 is 2.73 bits per heavy atom. The number of carbonyl (C=O) groups excluding carboxylic acids is 3. The van der Waals surface area contributed by atoms with E-state index in [9.17, 15) is 18.8 Å². The van der Waals surface area contributed by atoms with Crippen LogP contribution in [-0.4, -0.2) is 76.5 Å². The maximum absolute atomic E-state index is 13.6. The van der Waals surface area contributed by atoms with Gasteiger partial charge in [-0.25, -0.2) is 4.68 Å². The van der Waals surface area contributed by atoms with E-state index in [2.05, 4.69) is 10.3 Å². The zero-order valence-corrected chi connectivity index (χ0v) is 21.8. The van der Waals surface area contributed by atoms with Crippen LogP contribution in [0.5, 0.6) is 5.88 Å². The zero-order chi connectivity index (χ0) is 27.0. The van der Waals surface area contributed by atoms with Crippen molar-refractivity contribution in [3.05, 3.63) is 52.2 Å². The van der Waals surface area contributed by atoms with Crippen LogP contribution in [0.25, 0.3) is 11.1 Å². The largest absolute Gasteiger partial charge is 0.481 e. The summed E-state index contributed by atoms with van der Waals surface area (Å²) in [4.78, 5) is 41.8. The van der Waals surface area contributed by atoms with Gasteiger partial charge in [-0.05, 0) is 49.7 Å². The molecule has 0 saturated heterocycles. The number of anilines is 1. The number of ether oxygens (including phenoxy) is 1. The summed E-state index contributed by atoms with van der Waals surface area (Å²) in [6.07, 6.45) is 0.764. The molecule has 2 amide bonds. The molecule has 1 aromatic carbocycles. The van der Waals surface area contributed by atoms with Gasteiger partial charge >= 0.3 is 0 Å². The highest BCUT2D eigenvalue weighted by Gasteiger charge is 2.27. The maximum Gasteiger partial charge on any atom is 0.256 e. The quantitative estimate of drug-likeness (QED) is 0.428. The van der Waals surface area contributed by atoms with Crippen LogP contribution in [0.2, 0.25) is 0 Å². The van der Waals surface area contributed by atoms with Crippen LogP contribution >= 0.6 is 0 Å². The molecule has 0 unspecified atom stereocenters. The van der Waals surface area contributed by atoms with E-state index in [-0.39, 0.29) is 23.2 Å². The molecular formula is C26H31FN6O4. The molecule has 4 rings (SSSR count). The van der Waals surface area contributed by atoms with Crippen LogP contribution in [0, 0.1) is 12.9 Å². The summed E-state index contributed by atoms with van der Waals surface area (Å²) in [5.74, 6) is -0.595. The second-order valence-electron chi connectivity index (χ2n) is 9.53. The molecule has 0 saturated carbocycles. The van der Waals surface area contributed by atoms with Crippen molar-refractivity contribution in [1.82, 2.24) is 24.6 Å². The Balaban J connectivity index is 1.55. The third-order valence-corrected chi connectivity index (χ3v) is 6.72. The predicted octanol–water partition coefficient (Wildman–Crippen LogP) is 2.77. The third-order valence-electron chi connectivity index (χ3n) is 6.72. The molecule has 0 fully saturated rings. The molecule has 1 aliphatic heterocycles. The highest BCUT2D eigenvalue weighted by molar-refractivity contribution is 6.01. The summed E-state index contributed by atoms with van der Waals surface area (Å²) in [6.45, 7) is 4.80. The average molecular weight is 511 g/mol. The van der Waals surface area contributed by atoms with Gasteiger partial charge in [-0.15, -0.1) is 0 Å². The summed E-state index contributed by atoms with van der Waals surface area (Å²) in [6, 6.07) is 4.80. The van der Waals surface area contributed by atoms with Gasteiger partial charge in [-0.2, -0.15) is 9.49 Å². The van der Waals surface area contributed by atoms with Gasteiger partial charge in [0.15, 0.2) is 12.2 Å². The Labute approximate surface area is 214 Å². The van der Waals surface area contributed by atoms with Crippen molar-refractivity contribution in [1.29, 1.82) is 0 Å². The second-order valence-corrected chi connectivity index (χ2v) is 9.53. The van der Waals surface area contributed by atoms with Crippen LogP contribution in [0.4, 0.5) is 10.1 Å². The monoisotopic (exact) mass is 510 g/mol. The Morgan fingerprint density at radius 2 is 2.05 bits per heavy atom. The van der Waals surface area contributed by atoms with Crippen molar-refractivity contribution >= 4 is 23.8 Å². The lowest BCUT2D eigenvalue weighted by Crippen LogP contribution is -2.42. The molecule has 11 heteroatoms. The number of rotatable bonds is 9. The molecule has 37 heavy (non-hydrogen) atoms. The van der Waals surface area contributed by atoms with Crippen molar-refractivity contribution in [3.63, 3.8) is 0 Å². The number of halogens is 1. The van der Waals surface area contributed by atoms with Gasteiger partial charge in [0, 0.05) is 45.0 Å². The van der Waals surface area contributed by atoms with Gasteiger partial charge in [-0.3, -0.25) is 19.3 Å². The van der Waals surface area contributed by atoms with Gasteiger partial charge < -0.3 is 19.9 Å². The molecule has 10 nitrogen and oxygen atoms in total. The first-order valence-corrected chi connectivity index (χ1v) is 11.9. The SMILES string of the molecule is COc1c(-c2cc(C)c3c(c2)CC(=O)N3)c(CN(C)C[C@@H](C)N(C)C(=O)c2cc(F)[nH]c2C=O)nn1C. The molecule has 0 radical (unpaired) electrons. The van der Waals surface area contributed by atoms with Gasteiger partial charge in [0.05, 0.1) is 36.0 Å². The number of fused-ring (bicyclic) bond motifs is 1. The number of likely N-dealkylation sites (N-methyl/N-ethyl adjacent to an activating group) is 2. The number of amides is 2. The number of H-pyrrole nitrogens is 1. The number of benzene rings is 1. The number of nitrogens with one attached hydrogen (secondary N) is 2. The van der Waals surface area contributed by atoms with Gasteiger partial charge in [0.25, 0.3) is 5.91 Å². The van der Waals surface area contributed by atoms with E-state index in [1.54, 1.807) is 18.8 Å². The highest BCUT2D eigenvalue weighted by Crippen LogP contribution is 2.38. The topological polar surface area (TPSA) is 113 Å². The maximum atomic E-state index is 13.6. The summed E-state index contributed by atoms with van der Waals surface area (Å²) in [5.41, 5.74) is 5.23. The van der Waals surface area contributed by atoms with E-state index in [1.807, 2.05) is 45.0 Å². The number of aryl methyl sites for hydroxylation is 2. The minimum Gasteiger partial charge on any atom is -0.481 e. The first kappa shape index (κ1) is 26.1. The van der Waals surface area contributed by atoms with Crippen molar-refractivity contribution in [3.8, 4) is 17.0 Å². The molecule has 196 valence electrons. The van der Waals surface area contributed by atoms with Gasteiger partial charge in [0.1, 0.15) is 0 Å². The van der Waals surface area contributed by atoms with E-state index in [4.69, 9.17) is 9.84 Å². The number of aromatic amines is 1. The molecule has 1 aliphatic rings. The molecule has 3 aromatic rings. The number of carbonyl (C=O) groups is 3. The highest BCUT2D eigenvalue weighted by atomic mass is 19.1. The normalized spacial score (nSPS) is 13.5. The van der Waals surface area contributed by atoms with Crippen LogP contribution in [0.15, 0.2) is 18.2 Å². The minimum atomic E-state index is -0.734. The number of aromatic nitrogens is 3. The third kappa shape index (κ3) is 4.99. The standard InChI is InChI=1S/C26H31FN6O4/c1-14-7-16(8-17-9-22(35)29-24(14)17)23-19(30-33(5)26(23)37-6)12-31(3)11-15(2)32(4)25(36)18-10-21(27)28-20(18)13-34/h7-8,10,13,15,28H,9,11-12H2,1-6H3,(H,29,35)/t15-/m1/s1. The molecule has 0 aliphatic carbocycles. The Bertz CT molecular complexity index is 1380. The lowest BCUT2D eigenvalue weighted by atomic mass is 9.98. The molecule has 0 bridgehead atoms. The first-order valence-electron chi connectivity index (χ1n) is 11.9. The Kier molecular flexibility index (Phi) is 7.17. The lowest BCUT2D eigenvalue weighted by Gasteiger charge is -2.29. The molecular weight excluding hydrogens is 479 g/mol. The fraction of sp³-hybridized carbons (Fsp3) is 0.385. The fourth-order valence-electron chi connectivity index (χ4n) is 4.87. The Hall–Kier alpha value is -3.99. The van der Waals surface area contributed by atoms with E-state index in [0.29, 0.717) is 31.7 Å². The molecule has 1 atom stereocenters. The summed E-state index contributed by atoms with van der Waals surface area (Å²) >= 11 is 0. The molecule has 3 heterocycles. The smallest absolute Gasteiger partial charge is 0.256 e. The Morgan fingerprint density at radius 1 is 1.32 bits per heavy atom. The summed E-state index contributed by atoms with van der Waals surface area (Å²) in [7, 11) is 6.95. The van der Waals surface area contributed by atoms with Crippen LogP contribution < -0.4 is 10.1 Å². The van der Waals surface area contributed by atoms with Crippen molar-refractivity contribution in [2.45, 2.75) is 32.9 Å². The second kappa shape index (κ2) is 10.2. The molecule has 2 N–H and O–H groups in total. The van der Waals surface area contributed by atoms with E-state index >= 15 is 0 Å². The number of nitrogens with zero attached hydrogens (tertiary/aromatic N) is 4. The van der Waals surface area contributed by atoms with Crippen molar-refractivity contribution in [2.24, 2.45) is 7.05 Å². The number of methoxy groups -OCH3 is 1. The number of aldehydes is 1. The zero-order valence-electron chi connectivity index (χ0n) is 21.8. The lowest BCUT2D eigenvalue weighted by molar-refractivity contribution is -0.115. The van der Waals surface area contributed by atoms with Crippen molar-refractivity contribution < 1.29 is 23.5 Å². The average Bonchev–Trinajstić information content (AvgIpc) is 3.51. The van der Waals surface area contributed by atoms with Gasteiger partial charge in [0.2, 0.25) is 11.8 Å². The number of hydrogen-bond donors (Lipinski definition) is 2. The van der Waals surface area contributed by atoms with E-state index in [1.165, 1.54) is 4.90 Å². The number of hydrogen-bond acceptors (Lipinski definition) is 6. The summed E-state index contributed by atoms with van der Waals surface area (Å²) in [5, 5.41) is 7.61. The van der Waals surface area contributed by atoms with Crippen LogP contribution in [0.3, 0.4) is 0 Å². The van der Waals surface area contributed by atoms with Gasteiger partial charge in [-0.1, -0.05) is 0 Å². The van der Waals surface area contributed by atoms with Crippen molar-refractivity contribution in [2.75, 3.05) is 33.1 Å². The molecule has 2 aromatic heterocycles.